The van der Waals surface area contributed by atoms with Gasteiger partial charge < -0.3 is 4.74 Å². The third kappa shape index (κ3) is 4.19. The van der Waals surface area contributed by atoms with Crippen molar-refractivity contribution in [2.75, 3.05) is 13.4 Å². The lowest BCUT2D eigenvalue weighted by molar-refractivity contribution is 0.405. The third-order valence-corrected chi connectivity index (χ3v) is 5.23. The molecule has 0 N–H and O–H groups in total. The fraction of sp³-hybridized carbons (Fsp3) is 0.500. The molecule has 2 aromatic rings. The molecule has 0 saturated heterocycles. The highest BCUT2D eigenvalue weighted by molar-refractivity contribution is 7.98. The van der Waals surface area contributed by atoms with Gasteiger partial charge in [0.15, 0.2) is 0 Å². The van der Waals surface area contributed by atoms with Crippen LogP contribution in [-0.2, 0) is 6.42 Å². The first-order valence-electron chi connectivity index (χ1n) is 8.36. The van der Waals surface area contributed by atoms with Crippen molar-refractivity contribution < 1.29 is 4.74 Å². The summed E-state index contributed by atoms with van der Waals surface area (Å²) in [5.74, 6) is 1.79. The molecular weight excluding hydrogens is 288 g/mol. The Kier molecular flexibility index (Phi) is 6.63. The number of rotatable bonds is 8. The summed E-state index contributed by atoms with van der Waals surface area (Å²) in [6.45, 7) is 4.60. The Morgan fingerprint density at radius 2 is 1.91 bits per heavy atom. The van der Waals surface area contributed by atoms with Crippen LogP contribution in [-0.4, -0.2) is 13.4 Å². The lowest BCUT2D eigenvalue weighted by atomic mass is 9.91. The van der Waals surface area contributed by atoms with Crippen LogP contribution < -0.4 is 4.74 Å². The molecular formula is C20H28OS. The van der Waals surface area contributed by atoms with Crippen LogP contribution in [0.4, 0.5) is 0 Å². The van der Waals surface area contributed by atoms with Gasteiger partial charge >= 0.3 is 0 Å². The molecule has 0 saturated carbocycles. The van der Waals surface area contributed by atoms with E-state index in [0.29, 0.717) is 0 Å². The van der Waals surface area contributed by atoms with E-state index in [0.717, 1.165) is 11.7 Å². The molecule has 0 fully saturated rings. The largest absolute Gasteiger partial charge is 0.496 e. The summed E-state index contributed by atoms with van der Waals surface area (Å²) in [5, 5.41) is 2.59. The number of hydrogen-bond donors (Lipinski definition) is 0. The molecule has 2 rings (SSSR count). The molecule has 0 aromatic heterocycles. The number of hydrogen-bond acceptors (Lipinski definition) is 2. The van der Waals surface area contributed by atoms with E-state index in [4.69, 9.17) is 4.74 Å². The predicted molar refractivity (Wildman–Crippen MR) is 99.3 cm³/mol. The quantitative estimate of drug-likeness (QED) is 0.526. The lowest BCUT2D eigenvalue weighted by Crippen LogP contribution is -2.03. The van der Waals surface area contributed by atoms with E-state index in [2.05, 4.69) is 50.4 Å². The third-order valence-electron chi connectivity index (χ3n) is 4.47. The maximum Gasteiger partial charge on any atom is 0.133 e. The van der Waals surface area contributed by atoms with Crippen LogP contribution in [0.5, 0.6) is 5.75 Å². The summed E-state index contributed by atoms with van der Waals surface area (Å²) >= 11 is 1.75. The SMILES string of the molecule is CCCCC(CC)Cc1ccc2cc(OC)c(SC)cc2c1. The van der Waals surface area contributed by atoms with Gasteiger partial charge in [-0.3, -0.25) is 0 Å². The molecule has 1 atom stereocenters. The van der Waals surface area contributed by atoms with Crippen LogP contribution in [0.3, 0.4) is 0 Å². The van der Waals surface area contributed by atoms with Gasteiger partial charge in [0.2, 0.25) is 0 Å². The Morgan fingerprint density at radius 1 is 1.09 bits per heavy atom. The van der Waals surface area contributed by atoms with Crippen LogP contribution in [0.25, 0.3) is 10.8 Å². The molecule has 0 spiro atoms. The highest BCUT2D eigenvalue weighted by Gasteiger charge is 2.09. The van der Waals surface area contributed by atoms with E-state index in [9.17, 15) is 0 Å². The highest BCUT2D eigenvalue weighted by Crippen LogP contribution is 2.33. The average molecular weight is 317 g/mol. The van der Waals surface area contributed by atoms with Crippen molar-refractivity contribution in [2.45, 2.75) is 50.8 Å². The summed E-state index contributed by atoms with van der Waals surface area (Å²) in [5.41, 5.74) is 1.47. The van der Waals surface area contributed by atoms with Crippen molar-refractivity contribution in [3.63, 3.8) is 0 Å². The number of methoxy groups -OCH3 is 1. The lowest BCUT2D eigenvalue weighted by Gasteiger charge is -2.15. The Balaban J connectivity index is 2.25. The first-order chi connectivity index (χ1) is 10.7. The van der Waals surface area contributed by atoms with Gasteiger partial charge in [-0.25, -0.2) is 0 Å². The second-order valence-electron chi connectivity index (χ2n) is 6.01. The zero-order chi connectivity index (χ0) is 15.9. The summed E-state index contributed by atoms with van der Waals surface area (Å²) in [6, 6.07) is 11.3. The van der Waals surface area contributed by atoms with Gasteiger partial charge in [-0.2, -0.15) is 0 Å². The van der Waals surface area contributed by atoms with Crippen molar-refractivity contribution in [3.05, 3.63) is 35.9 Å². The standard InChI is InChI=1S/C20H28OS/c1-5-7-8-15(6-2)11-16-9-10-17-13-19(21-3)20(22-4)14-18(17)12-16/h9-10,12-15H,5-8,11H2,1-4H3. The van der Waals surface area contributed by atoms with Crippen LogP contribution in [0, 0.1) is 5.92 Å². The minimum Gasteiger partial charge on any atom is -0.496 e. The number of unbranched alkanes of at least 4 members (excludes halogenated alkanes) is 1. The summed E-state index contributed by atoms with van der Waals surface area (Å²) < 4.78 is 5.48. The van der Waals surface area contributed by atoms with Gasteiger partial charge in [0.1, 0.15) is 5.75 Å². The van der Waals surface area contributed by atoms with Crippen LogP contribution >= 0.6 is 11.8 Å². The molecule has 120 valence electrons. The molecule has 0 radical (unpaired) electrons. The van der Waals surface area contributed by atoms with Crippen molar-refractivity contribution in [1.82, 2.24) is 0 Å². The first-order valence-corrected chi connectivity index (χ1v) is 9.58. The smallest absolute Gasteiger partial charge is 0.133 e. The fourth-order valence-corrected chi connectivity index (χ4v) is 3.62. The van der Waals surface area contributed by atoms with Crippen LogP contribution in [0.15, 0.2) is 35.2 Å². The van der Waals surface area contributed by atoms with Gasteiger partial charge in [0, 0.05) is 4.90 Å². The van der Waals surface area contributed by atoms with Gasteiger partial charge in [0.05, 0.1) is 7.11 Å². The fourth-order valence-electron chi connectivity index (χ4n) is 3.03. The van der Waals surface area contributed by atoms with Gasteiger partial charge in [-0.1, -0.05) is 57.7 Å². The molecule has 0 heterocycles. The number of fused-ring (bicyclic) bond motifs is 1. The monoisotopic (exact) mass is 316 g/mol. The van der Waals surface area contributed by atoms with Crippen LogP contribution in [0.1, 0.15) is 45.1 Å². The van der Waals surface area contributed by atoms with Crippen molar-refractivity contribution in [2.24, 2.45) is 5.92 Å². The Bertz CT molecular complexity index is 606. The van der Waals surface area contributed by atoms with E-state index in [-0.39, 0.29) is 0 Å². The zero-order valence-corrected chi connectivity index (χ0v) is 15.1. The molecule has 2 aromatic carbocycles. The van der Waals surface area contributed by atoms with Crippen molar-refractivity contribution >= 4 is 22.5 Å². The average Bonchev–Trinajstić information content (AvgIpc) is 2.57. The van der Waals surface area contributed by atoms with E-state index < -0.39 is 0 Å². The van der Waals surface area contributed by atoms with Gasteiger partial charge in [-0.05, 0) is 47.1 Å². The maximum absolute atomic E-state index is 5.48. The molecule has 2 heteroatoms. The molecule has 0 aliphatic carbocycles. The molecule has 0 aliphatic rings. The Hall–Kier alpha value is -1.15. The minimum atomic E-state index is 0.815. The Morgan fingerprint density at radius 3 is 2.55 bits per heavy atom. The first kappa shape index (κ1) is 17.2. The highest BCUT2D eigenvalue weighted by atomic mass is 32.2. The van der Waals surface area contributed by atoms with E-state index in [1.54, 1.807) is 18.9 Å². The van der Waals surface area contributed by atoms with E-state index >= 15 is 0 Å². The minimum absolute atomic E-state index is 0.815. The topological polar surface area (TPSA) is 9.23 Å². The second-order valence-corrected chi connectivity index (χ2v) is 6.86. The van der Waals surface area contributed by atoms with Gasteiger partial charge in [-0.15, -0.1) is 11.8 Å². The zero-order valence-electron chi connectivity index (χ0n) is 14.3. The number of thioether (sulfide) groups is 1. The summed E-state index contributed by atoms with van der Waals surface area (Å²) in [6.07, 6.45) is 8.57. The maximum atomic E-state index is 5.48. The van der Waals surface area contributed by atoms with Crippen molar-refractivity contribution in [1.29, 1.82) is 0 Å². The van der Waals surface area contributed by atoms with Crippen molar-refractivity contribution in [3.8, 4) is 5.75 Å². The summed E-state index contributed by atoms with van der Waals surface area (Å²) in [4.78, 5) is 1.21. The predicted octanol–water partition coefficient (Wildman–Crippen LogP) is 6.33. The van der Waals surface area contributed by atoms with E-state index in [1.165, 1.54) is 53.3 Å². The number of benzene rings is 2. The normalized spacial score (nSPS) is 12.5. The Labute approximate surface area is 139 Å². The van der Waals surface area contributed by atoms with Crippen LogP contribution in [0.2, 0.25) is 0 Å². The molecule has 22 heavy (non-hydrogen) atoms. The number of ether oxygens (including phenoxy) is 1. The molecule has 0 bridgehead atoms. The molecule has 0 aliphatic heterocycles. The second kappa shape index (κ2) is 8.47. The molecule has 0 amide bonds. The van der Waals surface area contributed by atoms with E-state index in [1.807, 2.05) is 0 Å². The molecule has 1 unspecified atom stereocenters. The van der Waals surface area contributed by atoms with Gasteiger partial charge in [0.25, 0.3) is 0 Å². The molecule has 1 nitrogen and oxygen atoms in total. The summed E-state index contributed by atoms with van der Waals surface area (Å²) in [7, 11) is 1.74.